The van der Waals surface area contributed by atoms with Crippen LogP contribution in [0.2, 0.25) is 0 Å². The molecule has 4 N–H and O–H groups in total. The Morgan fingerprint density at radius 3 is 2.57 bits per heavy atom. The summed E-state index contributed by atoms with van der Waals surface area (Å²) in [6.45, 7) is 4.12. The van der Waals surface area contributed by atoms with Gasteiger partial charge in [0.2, 0.25) is 0 Å². The molecule has 21 heavy (non-hydrogen) atoms. The molecule has 0 aliphatic carbocycles. The summed E-state index contributed by atoms with van der Waals surface area (Å²) in [7, 11) is 1.63. The molecular weight excluding hydrogens is 334 g/mol. The molecule has 2 rings (SSSR count). The third-order valence-electron chi connectivity index (χ3n) is 3.01. The molecule has 7 heteroatoms. The number of nitrogen functional groups attached to an aromatic ring is 1. The first-order valence-corrected chi connectivity index (χ1v) is 7.28. The second kappa shape index (κ2) is 6.73. The van der Waals surface area contributed by atoms with Crippen molar-refractivity contribution in [3.05, 3.63) is 34.6 Å². The van der Waals surface area contributed by atoms with Crippen LogP contribution in [0.5, 0.6) is 5.75 Å². The van der Waals surface area contributed by atoms with E-state index >= 15 is 0 Å². The number of ether oxygens (including phenoxy) is 1. The van der Waals surface area contributed by atoms with Crippen molar-refractivity contribution in [2.75, 3.05) is 17.9 Å². The number of anilines is 3. The highest BCUT2D eigenvalue weighted by Crippen LogP contribution is 2.32. The number of nitrogens with zero attached hydrogens (tertiary/aromatic N) is 2. The van der Waals surface area contributed by atoms with Crippen molar-refractivity contribution in [3.8, 4) is 5.75 Å². The van der Waals surface area contributed by atoms with Gasteiger partial charge in [-0.15, -0.1) is 0 Å². The third-order valence-corrected chi connectivity index (χ3v) is 3.67. The summed E-state index contributed by atoms with van der Waals surface area (Å²) < 4.78 is 6.19. The van der Waals surface area contributed by atoms with E-state index in [9.17, 15) is 0 Å². The van der Waals surface area contributed by atoms with E-state index in [0.717, 1.165) is 27.3 Å². The maximum atomic E-state index is 5.52. The molecule has 0 saturated heterocycles. The standard InChI is InChI=1S/C14H18BrN5O/c1-8(2)12-13(17-7-18-14(12)20-16)19-9-4-5-10(15)11(6-9)21-3/h4-8H,16H2,1-3H3,(H2,17,18,19,20). The zero-order chi connectivity index (χ0) is 15.4. The van der Waals surface area contributed by atoms with Gasteiger partial charge in [0.1, 0.15) is 23.7 Å². The fourth-order valence-corrected chi connectivity index (χ4v) is 2.44. The average Bonchev–Trinajstić information content (AvgIpc) is 2.48. The van der Waals surface area contributed by atoms with Gasteiger partial charge in [-0.05, 0) is 34.0 Å². The summed E-state index contributed by atoms with van der Waals surface area (Å²) in [5.41, 5.74) is 4.42. The summed E-state index contributed by atoms with van der Waals surface area (Å²) in [5.74, 6) is 7.83. The molecule has 0 unspecified atom stereocenters. The maximum Gasteiger partial charge on any atom is 0.148 e. The van der Waals surface area contributed by atoms with Gasteiger partial charge in [0.25, 0.3) is 0 Å². The van der Waals surface area contributed by atoms with E-state index in [-0.39, 0.29) is 5.92 Å². The SMILES string of the molecule is COc1cc(Nc2ncnc(NN)c2C(C)C)ccc1Br. The lowest BCUT2D eigenvalue weighted by Crippen LogP contribution is -2.14. The minimum atomic E-state index is 0.220. The van der Waals surface area contributed by atoms with Gasteiger partial charge >= 0.3 is 0 Å². The molecule has 0 aliphatic rings. The summed E-state index contributed by atoms with van der Waals surface area (Å²) in [6.07, 6.45) is 1.47. The lowest BCUT2D eigenvalue weighted by molar-refractivity contribution is 0.412. The van der Waals surface area contributed by atoms with Crippen molar-refractivity contribution >= 4 is 33.3 Å². The van der Waals surface area contributed by atoms with Crippen LogP contribution < -0.4 is 21.3 Å². The van der Waals surface area contributed by atoms with Crippen LogP contribution in [0.1, 0.15) is 25.3 Å². The second-order valence-electron chi connectivity index (χ2n) is 4.76. The molecule has 0 amide bonds. The van der Waals surface area contributed by atoms with Crippen molar-refractivity contribution in [2.24, 2.45) is 5.84 Å². The topological polar surface area (TPSA) is 85.1 Å². The molecule has 0 radical (unpaired) electrons. The molecule has 0 saturated carbocycles. The lowest BCUT2D eigenvalue weighted by atomic mass is 10.0. The predicted molar refractivity (Wildman–Crippen MR) is 87.9 cm³/mol. The first-order valence-electron chi connectivity index (χ1n) is 6.49. The summed E-state index contributed by atoms with van der Waals surface area (Å²) in [4.78, 5) is 8.46. The maximum absolute atomic E-state index is 5.52. The number of hydrogen-bond donors (Lipinski definition) is 3. The van der Waals surface area contributed by atoms with Crippen LogP contribution in [-0.2, 0) is 0 Å². The minimum absolute atomic E-state index is 0.220. The molecule has 2 aromatic rings. The number of benzene rings is 1. The van der Waals surface area contributed by atoms with Crippen LogP contribution in [-0.4, -0.2) is 17.1 Å². The first kappa shape index (κ1) is 15.5. The highest BCUT2D eigenvalue weighted by atomic mass is 79.9. The molecule has 0 spiro atoms. The Bertz CT molecular complexity index is 633. The van der Waals surface area contributed by atoms with Gasteiger partial charge < -0.3 is 15.5 Å². The number of halogens is 1. The number of hydrogen-bond acceptors (Lipinski definition) is 6. The molecule has 0 aliphatic heterocycles. The second-order valence-corrected chi connectivity index (χ2v) is 5.61. The van der Waals surface area contributed by atoms with Crippen LogP contribution in [0, 0.1) is 0 Å². The summed E-state index contributed by atoms with van der Waals surface area (Å²) in [6, 6.07) is 5.75. The van der Waals surface area contributed by atoms with Crippen LogP contribution >= 0.6 is 15.9 Å². The molecule has 0 bridgehead atoms. The number of nitrogens with two attached hydrogens (primary N) is 1. The van der Waals surface area contributed by atoms with E-state index in [1.165, 1.54) is 6.33 Å². The van der Waals surface area contributed by atoms with Crippen LogP contribution in [0.3, 0.4) is 0 Å². The van der Waals surface area contributed by atoms with Crippen LogP contribution in [0.15, 0.2) is 29.0 Å². The highest BCUT2D eigenvalue weighted by Gasteiger charge is 2.15. The van der Waals surface area contributed by atoms with Crippen molar-refractivity contribution in [3.63, 3.8) is 0 Å². The normalized spacial score (nSPS) is 10.6. The Hall–Kier alpha value is -1.86. The minimum Gasteiger partial charge on any atom is -0.495 e. The van der Waals surface area contributed by atoms with Crippen molar-refractivity contribution < 1.29 is 4.74 Å². The monoisotopic (exact) mass is 351 g/mol. The van der Waals surface area contributed by atoms with Gasteiger partial charge in [-0.25, -0.2) is 15.8 Å². The average molecular weight is 352 g/mol. The molecular formula is C14H18BrN5O. The Morgan fingerprint density at radius 1 is 1.24 bits per heavy atom. The van der Waals surface area contributed by atoms with Gasteiger partial charge in [0.15, 0.2) is 0 Å². The Morgan fingerprint density at radius 2 is 1.95 bits per heavy atom. The molecule has 112 valence electrons. The molecule has 0 atom stereocenters. The number of nitrogens with one attached hydrogen (secondary N) is 2. The molecule has 1 aromatic heterocycles. The number of methoxy groups -OCH3 is 1. The van der Waals surface area contributed by atoms with E-state index in [4.69, 9.17) is 10.6 Å². The summed E-state index contributed by atoms with van der Waals surface area (Å²) in [5, 5.41) is 3.28. The zero-order valence-electron chi connectivity index (χ0n) is 12.1. The Labute approximate surface area is 132 Å². The Balaban J connectivity index is 2.39. The number of rotatable bonds is 5. The van der Waals surface area contributed by atoms with Crippen molar-refractivity contribution in [2.45, 2.75) is 19.8 Å². The zero-order valence-corrected chi connectivity index (χ0v) is 13.7. The van der Waals surface area contributed by atoms with E-state index in [0.29, 0.717) is 5.82 Å². The third kappa shape index (κ3) is 3.43. The lowest BCUT2D eigenvalue weighted by Gasteiger charge is -2.17. The fourth-order valence-electron chi connectivity index (χ4n) is 2.03. The van der Waals surface area contributed by atoms with Gasteiger partial charge in [-0.1, -0.05) is 13.8 Å². The van der Waals surface area contributed by atoms with Crippen LogP contribution in [0.25, 0.3) is 0 Å². The van der Waals surface area contributed by atoms with E-state index in [1.807, 2.05) is 18.2 Å². The molecule has 1 aromatic carbocycles. The van der Waals surface area contributed by atoms with E-state index < -0.39 is 0 Å². The fraction of sp³-hybridized carbons (Fsp3) is 0.286. The molecule has 0 fully saturated rings. The molecule has 1 heterocycles. The summed E-state index contributed by atoms with van der Waals surface area (Å²) >= 11 is 3.43. The van der Waals surface area contributed by atoms with Crippen molar-refractivity contribution in [1.29, 1.82) is 0 Å². The van der Waals surface area contributed by atoms with Crippen LogP contribution in [0.4, 0.5) is 17.3 Å². The molecule has 6 nitrogen and oxygen atoms in total. The first-order chi connectivity index (χ1) is 10.1. The van der Waals surface area contributed by atoms with Gasteiger partial charge in [-0.3, -0.25) is 0 Å². The smallest absolute Gasteiger partial charge is 0.148 e. The Kier molecular flexibility index (Phi) is 4.98. The highest BCUT2D eigenvalue weighted by molar-refractivity contribution is 9.10. The largest absolute Gasteiger partial charge is 0.495 e. The van der Waals surface area contributed by atoms with Gasteiger partial charge in [0, 0.05) is 17.3 Å². The van der Waals surface area contributed by atoms with E-state index in [1.54, 1.807) is 7.11 Å². The quantitative estimate of drug-likeness (QED) is 0.565. The van der Waals surface area contributed by atoms with E-state index in [2.05, 4.69) is 50.5 Å². The number of aromatic nitrogens is 2. The van der Waals surface area contributed by atoms with Crippen molar-refractivity contribution in [1.82, 2.24) is 9.97 Å². The van der Waals surface area contributed by atoms with Gasteiger partial charge in [0.05, 0.1) is 11.6 Å². The number of hydrazine groups is 1. The van der Waals surface area contributed by atoms with Gasteiger partial charge in [-0.2, -0.15) is 0 Å². The predicted octanol–water partition coefficient (Wildman–Crippen LogP) is 3.40.